The minimum Gasteiger partial charge on any atom is -0.386 e. The van der Waals surface area contributed by atoms with Gasteiger partial charge in [-0.25, -0.2) is 9.37 Å². The van der Waals surface area contributed by atoms with Gasteiger partial charge in [-0.05, 0) is 23.8 Å². The summed E-state index contributed by atoms with van der Waals surface area (Å²) in [7, 11) is 0. The van der Waals surface area contributed by atoms with Crippen LogP contribution in [0.5, 0.6) is 0 Å². The number of aliphatic hydroxyl groups is 1. The van der Waals surface area contributed by atoms with Gasteiger partial charge in [-0.15, -0.1) is 0 Å². The summed E-state index contributed by atoms with van der Waals surface area (Å²) >= 11 is 0. The number of carbonyl (C=O) groups is 1. The highest BCUT2D eigenvalue weighted by atomic mass is 19.1. The van der Waals surface area contributed by atoms with E-state index in [1.54, 1.807) is 30.6 Å². The summed E-state index contributed by atoms with van der Waals surface area (Å²) in [5.41, 5.74) is 1.72. The fourth-order valence-electron chi connectivity index (χ4n) is 2.46. The minimum absolute atomic E-state index is 0.0413. The third kappa shape index (κ3) is 3.37. The average molecular weight is 313 g/mol. The van der Waals surface area contributed by atoms with Crippen LogP contribution in [0, 0.1) is 5.82 Å². The molecule has 2 heterocycles. The first-order chi connectivity index (χ1) is 11.1. The van der Waals surface area contributed by atoms with Crippen molar-refractivity contribution in [1.82, 2.24) is 15.3 Å². The van der Waals surface area contributed by atoms with Gasteiger partial charge >= 0.3 is 0 Å². The maximum absolute atomic E-state index is 13.6. The van der Waals surface area contributed by atoms with Crippen molar-refractivity contribution in [2.75, 3.05) is 6.54 Å². The molecule has 3 aromatic rings. The van der Waals surface area contributed by atoms with E-state index in [2.05, 4.69) is 15.3 Å². The van der Waals surface area contributed by atoms with Gasteiger partial charge in [0, 0.05) is 29.9 Å². The third-order valence-electron chi connectivity index (χ3n) is 3.64. The van der Waals surface area contributed by atoms with Gasteiger partial charge < -0.3 is 15.4 Å². The molecule has 1 unspecified atom stereocenters. The standard InChI is InChI=1S/C17H16FN3O2/c18-14-6-2-1-4-13(14)15(22)10-20-16(23)8-11-9-21-17-12(11)5-3-7-19-17/h1-7,9,15,22H,8,10H2,(H,19,21)(H,20,23). The number of aromatic amines is 1. The van der Waals surface area contributed by atoms with Gasteiger partial charge in [-0.2, -0.15) is 0 Å². The SMILES string of the molecule is O=C(Cc1c[nH]c2ncccc12)NCC(O)c1ccccc1F. The van der Waals surface area contributed by atoms with Gasteiger partial charge in [-0.1, -0.05) is 18.2 Å². The predicted octanol–water partition coefficient (Wildman–Crippen LogP) is 2.09. The number of nitrogens with one attached hydrogen (secondary N) is 2. The summed E-state index contributed by atoms with van der Waals surface area (Å²) in [6.45, 7) is -0.0413. The van der Waals surface area contributed by atoms with E-state index in [0.717, 1.165) is 16.6 Å². The largest absolute Gasteiger partial charge is 0.386 e. The molecule has 3 rings (SSSR count). The lowest BCUT2D eigenvalue weighted by Gasteiger charge is -2.13. The Morgan fingerprint density at radius 3 is 2.96 bits per heavy atom. The number of hydrogen-bond donors (Lipinski definition) is 3. The minimum atomic E-state index is -1.08. The maximum atomic E-state index is 13.6. The second kappa shape index (κ2) is 6.58. The second-order valence-electron chi connectivity index (χ2n) is 5.23. The molecule has 118 valence electrons. The fraction of sp³-hybridized carbons (Fsp3) is 0.176. The lowest BCUT2D eigenvalue weighted by molar-refractivity contribution is -0.120. The van der Waals surface area contributed by atoms with E-state index >= 15 is 0 Å². The number of hydrogen-bond acceptors (Lipinski definition) is 3. The number of nitrogens with zero attached hydrogens (tertiary/aromatic N) is 1. The summed E-state index contributed by atoms with van der Waals surface area (Å²) in [4.78, 5) is 19.2. The van der Waals surface area contributed by atoms with Crippen molar-refractivity contribution in [3.63, 3.8) is 0 Å². The molecule has 6 heteroatoms. The topological polar surface area (TPSA) is 78.0 Å². The Morgan fingerprint density at radius 2 is 2.13 bits per heavy atom. The van der Waals surface area contributed by atoms with Crippen LogP contribution < -0.4 is 5.32 Å². The van der Waals surface area contributed by atoms with Gasteiger partial charge in [0.1, 0.15) is 11.5 Å². The van der Waals surface area contributed by atoms with Gasteiger partial charge in [0.2, 0.25) is 5.91 Å². The summed E-state index contributed by atoms with van der Waals surface area (Å²) in [6.07, 6.45) is 2.50. The molecule has 0 fully saturated rings. The number of carbonyl (C=O) groups excluding carboxylic acids is 1. The molecule has 0 saturated heterocycles. The molecule has 0 aliphatic heterocycles. The molecule has 1 atom stereocenters. The summed E-state index contributed by atoms with van der Waals surface area (Å²) < 4.78 is 13.6. The Hall–Kier alpha value is -2.73. The monoisotopic (exact) mass is 313 g/mol. The number of halogens is 1. The zero-order valence-corrected chi connectivity index (χ0v) is 12.3. The van der Waals surface area contributed by atoms with Crippen molar-refractivity contribution < 1.29 is 14.3 Å². The van der Waals surface area contributed by atoms with Gasteiger partial charge in [0.15, 0.2) is 0 Å². The number of fused-ring (bicyclic) bond motifs is 1. The van der Waals surface area contributed by atoms with Crippen LogP contribution in [0.3, 0.4) is 0 Å². The molecule has 0 spiro atoms. The molecule has 0 aliphatic carbocycles. The van der Waals surface area contributed by atoms with Crippen LogP contribution in [0.1, 0.15) is 17.2 Å². The molecule has 0 aliphatic rings. The Bertz CT molecular complexity index is 831. The molecule has 23 heavy (non-hydrogen) atoms. The highest BCUT2D eigenvalue weighted by Gasteiger charge is 2.14. The number of H-pyrrole nitrogens is 1. The number of rotatable bonds is 5. The van der Waals surface area contributed by atoms with Crippen LogP contribution in [0.15, 0.2) is 48.8 Å². The highest BCUT2D eigenvalue weighted by molar-refractivity contribution is 5.87. The van der Waals surface area contributed by atoms with E-state index in [1.807, 2.05) is 6.07 Å². The second-order valence-corrected chi connectivity index (χ2v) is 5.23. The molecule has 1 aromatic carbocycles. The van der Waals surface area contributed by atoms with E-state index in [1.165, 1.54) is 12.1 Å². The molecule has 5 nitrogen and oxygen atoms in total. The Kier molecular flexibility index (Phi) is 4.34. The highest BCUT2D eigenvalue weighted by Crippen LogP contribution is 2.17. The van der Waals surface area contributed by atoms with Crippen LogP contribution in [-0.2, 0) is 11.2 Å². The number of aromatic nitrogens is 2. The average Bonchev–Trinajstić information content (AvgIpc) is 2.96. The summed E-state index contributed by atoms with van der Waals surface area (Å²) in [5.74, 6) is -0.734. The van der Waals surface area contributed by atoms with E-state index < -0.39 is 11.9 Å². The molecule has 3 N–H and O–H groups in total. The molecule has 2 aromatic heterocycles. The molecule has 1 amide bonds. The third-order valence-corrected chi connectivity index (χ3v) is 3.64. The van der Waals surface area contributed by atoms with Crippen molar-refractivity contribution in [3.8, 4) is 0 Å². The molecule has 0 bridgehead atoms. The first kappa shape index (κ1) is 15.2. The summed E-state index contributed by atoms with van der Waals surface area (Å²) in [5, 5.41) is 13.5. The molecule has 0 saturated carbocycles. The molecule has 0 radical (unpaired) electrons. The zero-order chi connectivity index (χ0) is 16.2. The molecular weight excluding hydrogens is 297 g/mol. The van der Waals surface area contributed by atoms with E-state index in [9.17, 15) is 14.3 Å². The smallest absolute Gasteiger partial charge is 0.224 e. The van der Waals surface area contributed by atoms with Crippen LogP contribution in [0.25, 0.3) is 11.0 Å². The van der Waals surface area contributed by atoms with Gasteiger partial charge in [-0.3, -0.25) is 4.79 Å². The van der Waals surface area contributed by atoms with E-state index in [0.29, 0.717) is 0 Å². The van der Waals surface area contributed by atoms with Gasteiger partial charge in [0.25, 0.3) is 0 Å². The van der Waals surface area contributed by atoms with Crippen molar-refractivity contribution in [2.24, 2.45) is 0 Å². The zero-order valence-electron chi connectivity index (χ0n) is 12.3. The number of aliphatic hydroxyl groups excluding tert-OH is 1. The first-order valence-electron chi connectivity index (χ1n) is 7.25. The Labute approximate surface area is 132 Å². The number of pyridine rings is 1. The summed E-state index contributed by atoms with van der Waals surface area (Å²) in [6, 6.07) is 9.66. The predicted molar refractivity (Wildman–Crippen MR) is 84.2 cm³/mol. The number of amides is 1. The lowest BCUT2D eigenvalue weighted by Crippen LogP contribution is -2.29. The van der Waals surface area contributed by atoms with Crippen molar-refractivity contribution in [2.45, 2.75) is 12.5 Å². The van der Waals surface area contributed by atoms with E-state index in [4.69, 9.17) is 0 Å². The quantitative estimate of drug-likeness (QED) is 0.675. The van der Waals surface area contributed by atoms with Crippen molar-refractivity contribution in [1.29, 1.82) is 0 Å². The Balaban J connectivity index is 1.61. The molecular formula is C17H16FN3O2. The van der Waals surface area contributed by atoms with E-state index in [-0.39, 0.29) is 24.4 Å². The van der Waals surface area contributed by atoms with Gasteiger partial charge in [0.05, 0.1) is 12.5 Å². The van der Waals surface area contributed by atoms with Crippen LogP contribution in [0.2, 0.25) is 0 Å². The van der Waals surface area contributed by atoms with Crippen molar-refractivity contribution in [3.05, 3.63) is 65.7 Å². The van der Waals surface area contributed by atoms with Crippen LogP contribution >= 0.6 is 0 Å². The number of benzene rings is 1. The van der Waals surface area contributed by atoms with Crippen LogP contribution in [-0.4, -0.2) is 27.5 Å². The maximum Gasteiger partial charge on any atom is 0.224 e. The fourth-order valence-corrected chi connectivity index (χ4v) is 2.46. The van der Waals surface area contributed by atoms with Crippen molar-refractivity contribution >= 4 is 16.9 Å². The Morgan fingerprint density at radius 1 is 1.30 bits per heavy atom. The lowest BCUT2D eigenvalue weighted by atomic mass is 10.1. The first-order valence-corrected chi connectivity index (χ1v) is 7.25. The van der Waals surface area contributed by atoms with Crippen LogP contribution in [0.4, 0.5) is 4.39 Å². The normalized spacial score (nSPS) is 12.3.